The summed E-state index contributed by atoms with van der Waals surface area (Å²) >= 11 is 2.58. The Morgan fingerprint density at radius 1 is 0.929 bits per heavy atom. The highest BCUT2D eigenvalue weighted by Gasteiger charge is 2.38. The maximum atomic E-state index is 10.6. The van der Waals surface area contributed by atoms with E-state index in [1.54, 1.807) is 0 Å². The largest absolute Gasteiger partial charge is 0.507 e. The molecule has 1 fully saturated rings. The molecule has 3 N–H and O–H groups in total. The molecule has 1 aromatic carbocycles. The molecule has 1 aliphatic rings. The average molecular weight is 502 g/mol. The number of phenolic OH excluding ortho intramolecular Hbond substituents is 3. The third kappa shape index (κ3) is 7.31. The summed E-state index contributed by atoms with van der Waals surface area (Å²) < 4.78 is 0.562. The summed E-state index contributed by atoms with van der Waals surface area (Å²) in [6.45, 7) is 6.87. The van der Waals surface area contributed by atoms with Crippen LogP contribution < -0.4 is 0 Å². The number of rotatable bonds is 13. The molecule has 3 nitrogen and oxygen atoms in total. The lowest BCUT2D eigenvalue weighted by Crippen LogP contribution is -2.08. The van der Waals surface area contributed by atoms with Crippen molar-refractivity contribution in [2.24, 2.45) is 5.41 Å². The van der Waals surface area contributed by atoms with Crippen molar-refractivity contribution >= 4 is 22.6 Å². The van der Waals surface area contributed by atoms with Gasteiger partial charge < -0.3 is 15.3 Å². The fourth-order valence-electron chi connectivity index (χ4n) is 3.77. The van der Waals surface area contributed by atoms with E-state index in [4.69, 9.17) is 0 Å². The van der Waals surface area contributed by atoms with E-state index in [1.165, 1.54) is 51.0 Å². The second kappa shape index (κ2) is 10.4. The maximum absolute atomic E-state index is 10.6. The van der Waals surface area contributed by atoms with Crippen LogP contribution in [-0.4, -0.2) is 18.7 Å². The second-order valence-corrected chi connectivity index (χ2v) is 11.8. The van der Waals surface area contributed by atoms with Gasteiger partial charge in [-0.05, 0) is 68.4 Å². The van der Waals surface area contributed by atoms with Gasteiger partial charge in [-0.3, -0.25) is 0 Å². The van der Waals surface area contributed by atoms with Gasteiger partial charge in [-0.2, -0.15) is 0 Å². The van der Waals surface area contributed by atoms with Crippen molar-refractivity contribution in [3.63, 3.8) is 0 Å². The zero-order valence-corrected chi connectivity index (χ0v) is 20.1. The zero-order chi connectivity index (χ0) is 20.8. The molecule has 0 saturated heterocycles. The Morgan fingerprint density at radius 2 is 1.57 bits per heavy atom. The number of aryl methyl sites for hydroxylation is 1. The first kappa shape index (κ1) is 23.6. The smallest absolute Gasteiger partial charge is 0.164 e. The van der Waals surface area contributed by atoms with Crippen LogP contribution in [0.15, 0.2) is 6.07 Å². The predicted octanol–water partition coefficient (Wildman–Crippen LogP) is 7.41. The van der Waals surface area contributed by atoms with Crippen LogP contribution in [0.3, 0.4) is 0 Å². The van der Waals surface area contributed by atoms with Gasteiger partial charge in [-0.15, -0.1) is 0 Å². The molecule has 160 valence electrons. The van der Waals surface area contributed by atoms with Gasteiger partial charge in [0.15, 0.2) is 11.5 Å². The third-order valence-corrected chi connectivity index (χ3v) is 8.15. The van der Waals surface area contributed by atoms with Crippen LogP contribution in [0.1, 0.15) is 103 Å². The fourth-order valence-corrected chi connectivity index (χ4v) is 4.42. The molecule has 2 rings (SSSR count). The SMILES string of the molecule is CCC(C)(C)CCCCCc1cc(O)c(O)c(CCCCCC2(I)CC2)c1O. The molecular formula is C24H39IO3. The molecule has 0 bridgehead atoms. The van der Waals surface area contributed by atoms with Gasteiger partial charge in [0, 0.05) is 8.99 Å². The number of unbranched alkanes of at least 4 members (excludes halogenated alkanes) is 4. The number of benzene rings is 1. The number of aromatic hydroxyl groups is 3. The first-order chi connectivity index (χ1) is 13.2. The standard InChI is InChI=1S/C24H39IO3/c1-4-23(2,3)13-9-5-7-11-18-17-20(26)22(28)19(21(18)27)12-8-6-10-14-24(25)15-16-24/h17,26-28H,4-16H2,1-3H3. The Labute approximate surface area is 185 Å². The van der Waals surface area contributed by atoms with Gasteiger partial charge in [0.2, 0.25) is 0 Å². The molecular weight excluding hydrogens is 463 g/mol. The molecule has 0 aliphatic heterocycles. The summed E-state index contributed by atoms with van der Waals surface area (Å²) in [6.07, 6.45) is 14.3. The Balaban J connectivity index is 1.82. The number of alkyl halides is 1. The van der Waals surface area contributed by atoms with Crippen molar-refractivity contribution in [1.29, 1.82) is 0 Å². The monoisotopic (exact) mass is 502 g/mol. The Kier molecular flexibility index (Phi) is 8.78. The second-order valence-electron chi connectivity index (χ2n) is 9.52. The van der Waals surface area contributed by atoms with Crippen LogP contribution in [0.25, 0.3) is 0 Å². The summed E-state index contributed by atoms with van der Waals surface area (Å²) in [7, 11) is 0. The lowest BCUT2D eigenvalue weighted by atomic mass is 9.84. The molecule has 0 unspecified atom stereocenters. The number of phenols is 3. The lowest BCUT2D eigenvalue weighted by molar-refractivity contribution is 0.308. The molecule has 0 radical (unpaired) electrons. The number of hydrogen-bond donors (Lipinski definition) is 3. The topological polar surface area (TPSA) is 60.7 Å². The molecule has 4 heteroatoms. The number of halogens is 1. The minimum atomic E-state index is -0.140. The van der Waals surface area contributed by atoms with Crippen LogP contribution in [0.5, 0.6) is 17.2 Å². The highest BCUT2D eigenvalue weighted by molar-refractivity contribution is 14.1. The van der Waals surface area contributed by atoms with E-state index in [0.717, 1.165) is 37.7 Å². The maximum Gasteiger partial charge on any atom is 0.164 e. The Morgan fingerprint density at radius 3 is 2.21 bits per heavy atom. The molecule has 28 heavy (non-hydrogen) atoms. The summed E-state index contributed by atoms with van der Waals surface area (Å²) in [6, 6.07) is 1.54. The van der Waals surface area contributed by atoms with Gasteiger partial charge in [0.05, 0.1) is 0 Å². The normalized spacial score (nSPS) is 15.7. The predicted molar refractivity (Wildman–Crippen MR) is 126 cm³/mol. The Bertz CT molecular complexity index is 635. The molecule has 1 aromatic rings. The van der Waals surface area contributed by atoms with E-state index >= 15 is 0 Å². The van der Waals surface area contributed by atoms with Gasteiger partial charge >= 0.3 is 0 Å². The summed E-state index contributed by atoms with van der Waals surface area (Å²) in [5, 5.41) is 31.0. The van der Waals surface area contributed by atoms with Crippen molar-refractivity contribution in [1.82, 2.24) is 0 Å². The summed E-state index contributed by atoms with van der Waals surface area (Å²) in [4.78, 5) is 0. The van der Waals surface area contributed by atoms with Gasteiger partial charge in [-0.1, -0.05) is 75.5 Å². The van der Waals surface area contributed by atoms with Gasteiger partial charge in [0.25, 0.3) is 0 Å². The van der Waals surface area contributed by atoms with E-state index < -0.39 is 0 Å². The van der Waals surface area contributed by atoms with Crippen LogP contribution in [0.2, 0.25) is 0 Å². The molecule has 0 atom stereocenters. The highest BCUT2D eigenvalue weighted by Crippen LogP contribution is 2.49. The molecule has 1 aliphatic carbocycles. The van der Waals surface area contributed by atoms with E-state index in [2.05, 4.69) is 43.4 Å². The molecule has 0 spiro atoms. The lowest BCUT2D eigenvalue weighted by Gasteiger charge is -2.22. The van der Waals surface area contributed by atoms with Crippen LogP contribution >= 0.6 is 22.6 Å². The van der Waals surface area contributed by atoms with E-state index in [9.17, 15) is 15.3 Å². The highest BCUT2D eigenvalue weighted by atomic mass is 127. The summed E-state index contributed by atoms with van der Waals surface area (Å²) in [5.74, 6) is -0.0469. The van der Waals surface area contributed by atoms with Crippen molar-refractivity contribution in [3.8, 4) is 17.2 Å². The van der Waals surface area contributed by atoms with Crippen molar-refractivity contribution < 1.29 is 15.3 Å². The molecule has 1 saturated carbocycles. The number of hydrogen-bond acceptors (Lipinski definition) is 3. The van der Waals surface area contributed by atoms with Crippen LogP contribution in [-0.2, 0) is 12.8 Å². The molecule has 0 heterocycles. The van der Waals surface area contributed by atoms with Gasteiger partial charge in [0.1, 0.15) is 5.75 Å². The van der Waals surface area contributed by atoms with Crippen molar-refractivity contribution in [2.75, 3.05) is 0 Å². The average Bonchev–Trinajstić information content (AvgIpc) is 3.38. The van der Waals surface area contributed by atoms with Crippen molar-refractivity contribution in [3.05, 3.63) is 17.2 Å². The third-order valence-electron chi connectivity index (χ3n) is 6.53. The zero-order valence-electron chi connectivity index (χ0n) is 18.0. The van der Waals surface area contributed by atoms with E-state index in [1.807, 2.05) is 0 Å². The molecule has 0 amide bonds. The molecule has 0 aromatic heterocycles. The quantitative estimate of drug-likeness (QED) is 0.0865. The van der Waals surface area contributed by atoms with Crippen LogP contribution in [0.4, 0.5) is 0 Å². The van der Waals surface area contributed by atoms with E-state index in [0.29, 0.717) is 20.8 Å². The van der Waals surface area contributed by atoms with Crippen LogP contribution in [0, 0.1) is 5.41 Å². The van der Waals surface area contributed by atoms with Crippen molar-refractivity contribution in [2.45, 2.75) is 108 Å². The first-order valence-corrected chi connectivity index (χ1v) is 12.2. The first-order valence-electron chi connectivity index (χ1n) is 11.1. The summed E-state index contributed by atoms with van der Waals surface area (Å²) in [5.41, 5.74) is 1.70. The van der Waals surface area contributed by atoms with Gasteiger partial charge in [-0.25, -0.2) is 0 Å². The fraction of sp³-hybridized carbons (Fsp3) is 0.750. The van der Waals surface area contributed by atoms with E-state index in [-0.39, 0.29) is 17.2 Å². The minimum Gasteiger partial charge on any atom is -0.507 e. The Hall–Kier alpha value is -0.650. The minimum absolute atomic E-state index is 0.0980.